The minimum atomic E-state index is -0.901. The lowest BCUT2D eigenvalue weighted by Gasteiger charge is -2.20. The van der Waals surface area contributed by atoms with Gasteiger partial charge in [-0.15, -0.1) is 0 Å². The predicted molar refractivity (Wildman–Crippen MR) is 146 cm³/mol. The molecule has 0 bridgehead atoms. The number of benzene rings is 2. The Kier molecular flexibility index (Phi) is 10.1. The molecule has 1 amide bonds. The second-order valence-corrected chi connectivity index (χ2v) is 10.5. The maximum absolute atomic E-state index is 13.2. The van der Waals surface area contributed by atoms with Crippen molar-refractivity contribution in [2.75, 3.05) is 5.33 Å². The molecule has 36 heavy (non-hydrogen) atoms. The number of fused-ring (bicyclic) bond motifs is 1. The van der Waals surface area contributed by atoms with Gasteiger partial charge in [0.2, 0.25) is 0 Å². The lowest BCUT2D eigenvalue weighted by molar-refractivity contribution is -0.136. The van der Waals surface area contributed by atoms with Crippen molar-refractivity contribution in [2.24, 2.45) is 0 Å². The molecule has 0 spiro atoms. The van der Waals surface area contributed by atoms with Crippen molar-refractivity contribution in [3.05, 3.63) is 75.1 Å². The molecule has 2 atom stereocenters. The summed E-state index contributed by atoms with van der Waals surface area (Å²) in [5.41, 5.74) is 2.85. The minimum Gasteiger partial charge on any atom is -0.445 e. The van der Waals surface area contributed by atoms with E-state index < -0.39 is 23.7 Å². The van der Waals surface area contributed by atoms with E-state index in [2.05, 4.69) is 37.2 Å². The molecule has 0 saturated carbocycles. The number of amides is 1. The zero-order valence-corrected chi connectivity index (χ0v) is 23.6. The van der Waals surface area contributed by atoms with E-state index in [4.69, 9.17) is 13.9 Å². The Morgan fingerprint density at radius 2 is 1.86 bits per heavy atom. The van der Waals surface area contributed by atoms with Crippen LogP contribution in [-0.4, -0.2) is 28.3 Å². The number of hydrogen-bond donors (Lipinski definition) is 1. The van der Waals surface area contributed by atoms with Gasteiger partial charge < -0.3 is 19.2 Å². The molecule has 3 rings (SSSR count). The summed E-state index contributed by atoms with van der Waals surface area (Å²) < 4.78 is 16.6. The van der Waals surface area contributed by atoms with Crippen LogP contribution in [0.1, 0.15) is 42.0 Å². The standard InChI is InChI=1S/C27H29Br2NO6/c1-4-8-22(30-27(33)34-15-18-9-6-5-7-10-18)26(32)36-24-17(3)25-21(16(2)11-23(31)35-25)13-19(24)12-20(29)14-28/h5-7,9-11,13,20,22H,4,8,12,14-15H2,1-3H3,(H,30,33). The van der Waals surface area contributed by atoms with Crippen molar-refractivity contribution in [2.45, 2.75) is 57.5 Å². The highest BCUT2D eigenvalue weighted by molar-refractivity contribution is 9.12. The van der Waals surface area contributed by atoms with Crippen molar-refractivity contribution >= 4 is 54.9 Å². The van der Waals surface area contributed by atoms with Crippen molar-refractivity contribution in [3.8, 4) is 5.75 Å². The van der Waals surface area contributed by atoms with E-state index in [9.17, 15) is 14.4 Å². The van der Waals surface area contributed by atoms with Gasteiger partial charge >= 0.3 is 17.7 Å². The smallest absolute Gasteiger partial charge is 0.408 e. The summed E-state index contributed by atoms with van der Waals surface area (Å²) in [6.07, 6.45) is 0.876. The Morgan fingerprint density at radius 1 is 1.14 bits per heavy atom. The van der Waals surface area contributed by atoms with Crippen molar-refractivity contribution in [3.63, 3.8) is 0 Å². The Labute approximate surface area is 226 Å². The molecule has 2 unspecified atom stereocenters. The molecule has 0 aliphatic rings. The van der Waals surface area contributed by atoms with Crippen LogP contribution in [0, 0.1) is 13.8 Å². The number of carbonyl (C=O) groups is 2. The maximum atomic E-state index is 13.2. The van der Waals surface area contributed by atoms with Gasteiger partial charge in [-0.2, -0.15) is 0 Å². The SMILES string of the molecule is CCCC(NC(=O)OCc1ccccc1)C(=O)Oc1c(CC(Br)CBr)cc2c(C)cc(=O)oc2c1C. The van der Waals surface area contributed by atoms with Gasteiger partial charge in [-0.1, -0.05) is 75.5 Å². The molecule has 0 aliphatic heterocycles. The van der Waals surface area contributed by atoms with Gasteiger partial charge in [-0.05, 0) is 49.4 Å². The molecule has 1 N–H and O–H groups in total. The Balaban J connectivity index is 1.86. The molecule has 1 heterocycles. The van der Waals surface area contributed by atoms with Crippen LogP contribution in [0.25, 0.3) is 11.0 Å². The van der Waals surface area contributed by atoms with Crippen molar-refractivity contribution in [1.29, 1.82) is 0 Å². The molecule has 0 aliphatic carbocycles. The highest BCUT2D eigenvalue weighted by Crippen LogP contribution is 2.34. The highest BCUT2D eigenvalue weighted by atomic mass is 79.9. The number of esters is 1. The molecular weight excluding hydrogens is 594 g/mol. The molecule has 0 radical (unpaired) electrons. The van der Waals surface area contributed by atoms with E-state index >= 15 is 0 Å². The van der Waals surface area contributed by atoms with Crippen LogP contribution in [0.15, 0.2) is 51.7 Å². The minimum absolute atomic E-state index is 0.0837. The first-order valence-electron chi connectivity index (χ1n) is 11.7. The average Bonchev–Trinajstić information content (AvgIpc) is 2.86. The summed E-state index contributed by atoms with van der Waals surface area (Å²) in [4.78, 5) is 37.8. The van der Waals surface area contributed by atoms with Crippen LogP contribution >= 0.6 is 31.9 Å². The van der Waals surface area contributed by atoms with E-state index in [1.165, 1.54) is 6.07 Å². The van der Waals surface area contributed by atoms with Crippen LogP contribution in [0.5, 0.6) is 5.75 Å². The normalized spacial score (nSPS) is 12.7. The van der Waals surface area contributed by atoms with Gasteiger partial charge in [-0.3, -0.25) is 0 Å². The molecular formula is C27H29Br2NO6. The van der Waals surface area contributed by atoms with Crippen LogP contribution in [0.3, 0.4) is 0 Å². The number of ether oxygens (including phenoxy) is 2. The van der Waals surface area contributed by atoms with E-state index in [1.807, 2.05) is 50.2 Å². The Hall–Kier alpha value is -2.65. The molecule has 0 saturated heterocycles. The van der Waals surface area contributed by atoms with Crippen molar-refractivity contribution < 1.29 is 23.5 Å². The third-order valence-electron chi connectivity index (χ3n) is 5.68. The number of halogens is 2. The van der Waals surface area contributed by atoms with Crippen LogP contribution < -0.4 is 15.7 Å². The lowest BCUT2D eigenvalue weighted by Crippen LogP contribution is -2.43. The van der Waals surface area contributed by atoms with Crippen LogP contribution in [0.4, 0.5) is 4.79 Å². The second kappa shape index (κ2) is 13.1. The number of nitrogens with one attached hydrogen (secondary N) is 1. The monoisotopic (exact) mass is 621 g/mol. The number of rotatable bonds is 10. The molecule has 9 heteroatoms. The van der Waals surface area contributed by atoms with E-state index in [0.717, 1.165) is 22.1 Å². The summed E-state index contributed by atoms with van der Waals surface area (Å²) in [5.74, 6) is -0.288. The van der Waals surface area contributed by atoms with Gasteiger partial charge in [0, 0.05) is 27.2 Å². The second-order valence-electron chi connectivity index (χ2n) is 8.54. The molecule has 192 valence electrons. The van der Waals surface area contributed by atoms with E-state index in [-0.39, 0.29) is 11.4 Å². The largest absolute Gasteiger partial charge is 0.445 e. The maximum Gasteiger partial charge on any atom is 0.408 e. The van der Waals surface area contributed by atoms with Crippen LogP contribution in [0.2, 0.25) is 0 Å². The third-order valence-corrected chi connectivity index (χ3v) is 7.97. The number of alkyl carbamates (subject to hydrolysis) is 1. The topological polar surface area (TPSA) is 94.8 Å². The van der Waals surface area contributed by atoms with Gasteiger partial charge in [-0.25, -0.2) is 14.4 Å². The lowest BCUT2D eigenvalue weighted by atomic mass is 9.99. The quantitative estimate of drug-likeness (QED) is 0.127. The van der Waals surface area contributed by atoms with Gasteiger partial charge in [0.15, 0.2) is 0 Å². The number of alkyl halides is 2. The average molecular weight is 623 g/mol. The Bertz CT molecular complexity index is 1270. The predicted octanol–water partition coefficient (Wildman–Crippen LogP) is 6.11. The zero-order valence-electron chi connectivity index (χ0n) is 20.4. The fourth-order valence-corrected chi connectivity index (χ4v) is 4.44. The molecule has 7 nitrogen and oxygen atoms in total. The Morgan fingerprint density at radius 3 is 2.53 bits per heavy atom. The zero-order chi connectivity index (χ0) is 26.2. The van der Waals surface area contributed by atoms with Gasteiger partial charge in [0.1, 0.15) is 24.0 Å². The van der Waals surface area contributed by atoms with Crippen molar-refractivity contribution in [1.82, 2.24) is 5.32 Å². The fraction of sp³-hybridized carbons (Fsp3) is 0.370. The molecule has 2 aromatic carbocycles. The number of aryl methyl sites for hydroxylation is 2. The summed E-state index contributed by atoms with van der Waals surface area (Å²) in [5, 5.41) is 4.10. The van der Waals surface area contributed by atoms with Crippen LogP contribution in [-0.2, 0) is 22.6 Å². The molecule has 1 aromatic heterocycles. The highest BCUT2D eigenvalue weighted by Gasteiger charge is 2.26. The summed E-state index contributed by atoms with van der Waals surface area (Å²) >= 11 is 7.09. The van der Waals surface area contributed by atoms with E-state index in [0.29, 0.717) is 41.5 Å². The number of hydrogen-bond acceptors (Lipinski definition) is 6. The first-order valence-corrected chi connectivity index (χ1v) is 13.7. The fourth-order valence-electron chi connectivity index (χ4n) is 3.86. The first-order chi connectivity index (χ1) is 17.2. The van der Waals surface area contributed by atoms with E-state index in [1.54, 1.807) is 6.92 Å². The summed E-state index contributed by atoms with van der Waals surface area (Å²) in [6, 6.07) is 11.7. The number of carbonyl (C=O) groups excluding carboxylic acids is 2. The molecule has 0 fully saturated rings. The third kappa shape index (κ3) is 7.20. The summed E-state index contributed by atoms with van der Waals surface area (Å²) in [7, 11) is 0. The molecule has 3 aromatic rings. The first kappa shape index (κ1) is 27.9. The van der Waals surface area contributed by atoms with Gasteiger partial charge in [0.25, 0.3) is 0 Å². The summed E-state index contributed by atoms with van der Waals surface area (Å²) in [6.45, 7) is 5.59. The van der Waals surface area contributed by atoms with Gasteiger partial charge in [0.05, 0.1) is 0 Å².